The molecule has 0 bridgehead atoms. The van der Waals surface area contributed by atoms with Gasteiger partial charge in [-0.15, -0.1) is 0 Å². The lowest BCUT2D eigenvalue weighted by Gasteiger charge is -2.30. The summed E-state index contributed by atoms with van der Waals surface area (Å²) in [6, 6.07) is 9.58. The molecule has 0 radical (unpaired) electrons. The summed E-state index contributed by atoms with van der Waals surface area (Å²) in [7, 11) is 0. The number of rotatable bonds is 3. The summed E-state index contributed by atoms with van der Waals surface area (Å²) < 4.78 is 0. The number of aromatic nitrogens is 1. The second kappa shape index (κ2) is 7.87. The molecule has 2 aromatic rings. The summed E-state index contributed by atoms with van der Waals surface area (Å²) in [5.41, 5.74) is 1.95. The van der Waals surface area contributed by atoms with Crippen molar-refractivity contribution >= 4 is 29.6 Å². The summed E-state index contributed by atoms with van der Waals surface area (Å²) in [5.74, 6) is 0.199. The van der Waals surface area contributed by atoms with E-state index in [1.807, 2.05) is 4.90 Å². The number of benzene rings is 1. The third-order valence-corrected chi connectivity index (χ3v) is 5.34. The van der Waals surface area contributed by atoms with Crippen LogP contribution >= 0.6 is 0 Å². The largest absolute Gasteiger partial charge is 0.339 e. The molecule has 1 N–H and O–H groups in total. The summed E-state index contributed by atoms with van der Waals surface area (Å²) in [4.78, 5) is 44.6. The first-order valence-corrected chi connectivity index (χ1v) is 9.69. The number of nitrogens with zero attached hydrogens (tertiary/aromatic N) is 3. The Bertz CT molecular complexity index is 961. The molecular weight excluding hydrogens is 368 g/mol. The van der Waals surface area contributed by atoms with E-state index in [0.717, 1.165) is 36.4 Å². The van der Waals surface area contributed by atoms with Crippen molar-refractivity contribution in [2.45, 2.75) is 19.8 Å². The van der Waals surface area contributed by atoms with Crippen LogP contribution in [-0.2, 0) is 4.79 Å². The average molecular weight is 390 g/mol. The molecule has 2 fully saturated rings. The van der Waals surface area contributed by atoms with Crippen molar-refractivity contribution in [2.75, 3.05) is 18.0 Å². The van der Waals surface area contributed by atoms with Crippen LogP contribution in [0.3, 0.4) is 0 Å². The molecule has 2 aliphatic heterocycles. The molecule has 0 spiro atoms. The Kier molecular flexibility index (Phi) is 5.12. The smallest absolute Gasteiger partial charge is 0.333 e. The fourth-order valence-corrected chi connectivity index (χ4v) is 3.54. The molecule has 1 aromatic carbocycles. The maximum atomic E-state index is 12.7. The van der Waals surface area contributed by atoms with Crippen LogP contribution in [-0.4, -0.2) is 40.8 Å². The molecule has 2 saturated heterocycles. The topological polar surface area (TPSA) is 82.6 Å². The van der Waals surface area contributed by atoms with Crippen LogP contribution in [0.4, 0.5) is 10.5 Å². The number of amides is 4. The van der Waals surface area contributed by atoms with E-state index in [-0.39, 0.29) is 11.6 Å². The first kappa shape index (κ1) is 18.9. The van der Waals surface area contributed by atoms with Gasteiger partial charge in [-0.3, -0.25) is 14.6 Å². The van der Waals surface area contributed by atoms with Crippen molar-refractivity contribution in [1.29, 1.82) is 0 Å². The molecular formula is C22H22N4O3. The van der Waals surface area contributed by atoms with Gasteiger partial charge in [-0.25, -0.2) is 9.69 Å². The SMILES string of the molecule is CC1CCN(C(=O)c2ccc(N3C(=O)NC(=Cc4ccncc4)C3=O)cc2)CC1. The number of anilines is 1. The summed E-state index contributed by atoms with van der Waals surface area (Å²) in [6.07, 6.45) is 6.86. The predicted octanol–water partition coefficient (Wildman–Crippen LogP) is 3.05. The molecule has 0 unspecified atom stereocenters. The van der Waals surface area contributed by atoms with Crippen LogP contribution in [0, 0.1) is 5.92 Å². The van der Waals surface area contributed by atoms with E-state index in [0.29, 0.717) is 17.2 Å². The van der Waals surface area contributed by atoms with Gasteiger partial charge in [0.05, 0.1) is 5.69 Å². The number of nitrogens with one attached hydrogen (secondary N) is 1. The van der Waals surface area contributed by atoms with Crippen molar-refractivity contribution in [3.63, 3.8) is 0 Å². The summed E-state index contributed by atoms with van der Waals surface area (Å²) >= 11 is 0. The van der Waals surface area contributed by atoms with Crippen molar-refractivity contribution in [3.8, 4) is 0 Å². The zero-order valence-electron chi connectivity index (χ0n) is 16.2. The molecule has 0 saturated carbocycles. The Morgan fingerprint density at radius 3 is 2.38 bits per heavy atom. The lowest BCUT2D eigenvalue weighted by molar-refractivity contribution is -0.113. The highest BCUT2D eigenvalue weighted by Crippen LogP contribution is 2.24. The molecule has 1 aromatic heterocycles. The van der Waals surface area contributed by atoms with Crippen molar-refractivity contribution < 1.29 is 14.4 Å². The molecule has 4 amide bonds. The minimum Gasteiger partial charge on any atom is -0.339 e. The van der Waals surface area contributed by atoms with Gasteiger partial charge < -0.3 is 10.2 Å². The Labute approximate surface area is 169 Å². The monoisotopic (exact) mass is 390 g/mol. The van der Waals surface area contributed by atoms with Crippen molar-refractivity contribution in [3.05, 3.63) is 65.6 Å². The zero-order valence-corrected chi connectivity index (χ0v) is 16.2. The van der Waals surface area contributed by atoms with Gasteiger partial charge in [0.15, 0.2) is 0 Å². The van der Waals surface area contributed by atoms with E-state index in [9.17, 15) is 14.4 Å². The minimum atomic E-state index is -0.514. The van der Waals surface area contributed by atoms with Gasteiger partial charge in [0.2, 0.25) is 0 Å². The van der Waals surface area contributed by atoms with Gasteiger partial charge >= 0.3 is 6.03 Å². The number of imide groups is 1. The number of likely N-dealkylation sites (tertiary alicyclic amines) is 1. The van der Waals surface area contributed by atoms with Crippen molar-refractivity contribution in [2.24, 2.45) is 5.92 Å². The normalized spacial score (nSPS) is 19.0. The fourth-order valence-electron chi connectivity index (χ4n) is 3.54. The average Bonchev–Trinajstić information content (AvgIpc) is 3.02. The number of carbonyl (C=O) groups is 3. The summed E-state index contributed by atoms with van der Waals surface area (Å²) in [5, 5.41) is 2.60. The van der Waals surface area contributed by atoms with Gasteiger partial charge in [0, 0.05) is 31.0 Å². The highest BCUT2D eigenvalue weighted by Gasteiger charge is 2.35. The van der Waals surface area contributed by atoms with Gasteiger partial charge in [0.1, 0.15) is 5.70 Å². The lowest BCUT2D eigenvalue weighted by atomic mass is 9.98. The highest BCUT2D eigenvalue weighted by atomic mass is 16.2. The molecule has 148 valence electrons. The van der Waals surface area contributed by atoms with E-state index < -0.39 is 11.9 Å². The Morgan fingerprint density at radius 1 is 1.07 bits per heavy atom. The van der Waals surface area contributed by atoms with Crippen LogP contribution in [0.15, 0.2) is 54.5 Å². The number of piperidine rings is 1. The Morgan fingerprint density at radius 2 is 1.72 bits per heavy atom. The maximum Gasteiger partial charge on any atom is 0.333 e. The Hall–Kier alpha value is -3.48. The molecule has 2 aliphatic rings. The van der Waals surface area contributed by atoms with Crippen LogP contribution in [0.25, 0.3) is 6.08 Å². The van der Waals surface area contributed by atoms with Crippen LogP contribution in [0.1, 0.15) is 35.7 Å². The van der Waals surface area contributed by atoms with E-state index in [1.165, 1.54) is 0 Å². The quantitative estimate of drug-likeness (QED) is 0.645. The van der Waals surface area contributed by atoms with Crippen LogP contribution in [0.5, 0.6) is 0 Å². The number of urea groups is 1. The molecule has 4 rings (SSSR count). The Balaban J connectivity index is 1.50. The third-order valence-electron chi connectivity index (χ3n) is 5.34. The molecule has 3 heterocycles. The third kappa shape index (κ3) is 3.89. The maximum absolute atomic E-state index is 12.7. The van der Waals surface area contributed by atoms with Gasteiger partial charge in [-0.2, -0.15) is 0 Å². The van der Waals surface area contributed by atoms with E-state index in [1.54, 1.807) is 54.9 Å². The van der Waals surface area contributed by atoms with E-state index >= 15 is 0 Å². The standard InChI is InChI=1S/C22H22N4O3/c1-15-8-12-25(13-9-15)20(27)17-2-4-18(5-3-17)26-21(28)19(24-22(26)29)14-16-6-10-23-11-7-16/h2-7,10-11,14-15H,8-9,12-13H2,1H3,(H,24,29). The first-order chi connectivity index (χ1) is 14.0. The van der Waals surface area contributed by atoms with Gasteiger partial charge in [-0.1, -0.05) is 6.92 Å². The molecule has 29 heavy (non-hydrogen) atoms. The lowest BCUT2D eigenvalue weighted by Crippen LogP contribution is -2.38. The minimum absolute atomic E-state index is 0.0149. The van der Waals surface area contributed by atoms with Gasteiger partial charge in [0.25, 0.3) is 11.8 Å². The second-order valence-corrected chi connectivity index (χ2v) is 7.43. The molecule has 0 aliphatic carbocycles. The van der Waals surface area contributed by atoms with E-state index in [2.05, 4.69) is 17.2 Å². The molecule has 7 nitrogen and oxygen atoms in total. The van der Waals surface area contributed by atoms with Crippen LogP contribution in [0.2, 0.25) is 0 Å². The fraction of sp³-hybridized carbons (Fsp3) is 0.273. The predicted molar refractivity (Wildman–Crippen MR) is 109 cm³/mol. The highest BCUT2D eigenvalue weighted by molar-refractivity contribution is 6.28. The number of carbonyl (C=O) groups excluding carboxylic acids is 3. The second-order valence-electron chi connectivity index (χ2n) is 7.43. The zero-order chi connectivity index (χ0) is 20.4. The molecule has 7 heteroatoms. The number of pyridine rings is 1. The first-order valence-electron chi connectivity index (χ1n) is 9.69. The van der Waals surface area contributed by atoms with Crippen molar-refractivity contribution in [1.82, 2.24) is 15.2 Å². The van der Waals surface area contributed by atoms with E-state index in [4.69, 9.17) is 0 Å². The number of hydrogen-bond donors (Lipinski definition) is 1. The summed E-state index contributed by atoms with van der Waals surface area (Å²) in [6.45, 7) is 3.72. The number of hydrogen-bond acceptors (Lipinski definition) is 4. The van der Waals surface area contributed by atoms with Crippen LogP contribution < -0.4 is 10.2 Å². The van der Waals surface area contributed by atoms with Gasteiger partial charge in [-0.05, 0) is 66.8 Å². The molecule has 0 atom stereocenters.